The highest BCUT2D eigenvalue weighted by Crippen LogP contribution is 2.19. The van der Waals surface area contributed by atoms with Crippen molar-refractivity contribution in [3.63, 3.8) is 0 Å². The molecule has 152 valence electrons. The van der Waals surface area contributed by atoms with Crippen LogP contribution in [0.3, 0.4) is 0 Å². The highest BCUT2D eigenvalue weighted by atomic mass is 16.2. The Labute approximate surface area is 170 Å². The van der Waals surface area contributed by atoms with Crippen molar-refractivity contribution in [2.75, 3.05) is 32.5 Å². The second kappa shape index (κ2) is 8.87. The van der Waals surface area contributed by atoms with Crippen molar-refractivity contribution in [2.45, 2.75) is 20.3 Å². The number of carbonyl (C=O) groups is 2. The number of aromatic nitrogens is 2. The van der Waals surface area contributed by atoms with Crippen LogP contribution >= 0.6 is 0 Å². The predicted molar refractivity (Wildman–Crippen MR) is 115 cm³/mol. The van der Waals surface area contributed by atoms with Crippen LogP contribution in [0.25, 0.3) is 5.52 Å². The van der Waals surface area contributed by atoms with Crippen LogP contribution in [-0.4, -0.2) is 53.3 Å². The fourth-order valence-corrected chi connectivity index (χ4v) is 3.09. The van der Waals surface area contributed by atoms with E-state index in [-0.39, 0.29) is 23.3 Å². The first-order valence-corrected chi connectivity index (χ1v) is 9.65. The number of carbonyl (C=O) groups excluding carboxylic acids is 2. The number of hydrogen-bond donors (Lipinski definition) is 2. The van der Waals surface area contributed by atoms with Gasteiger partial charge in [-0.3, -0.25) is 14.0 Å². The predicted octanol–water partition coefficient (Wildman–Crippen LogP) is 2.88. The minimum Gasteiger partial charge on any atom is -0.351 e. The number of nitrogens with zero attached hydrogens (tertiary/aromatic N) is 3. The molecule has 2 N–H and O–H groups in total. The van der Waals surface area contributed by atoms with Gasteiger partial charge in [0.15, 0.2) is 5.69 Å². The van der Waals surface area contributed by atoms with Gasteiger partial charge in [0, 0.05) is 18.4 Å². The highest BCUT2D eigenvalue weighted by molar-refractivity contribution is 6.06. The van der Waals surface area contributed by atoms with Crippen molar-refractivity contribution < 1.29 is 9.59 Å². The number of anilines is 1. The molecule has 7 nitrogen and oxygen atoms in total. The maximum absolute atomic E-state index is 12.9. The van der Waals surface area contributed by atoms with Gasteiger partial charge in [-0.2, -0.15) is 0 Å². The van der Waals surface area contributed by atoms with Crippen LogP contribution in [0.5, 0.6) is 0 Å². The zero-order chi connectivity index (χ0) is 21.0. The van der Waals surface area contributed by atoms with Gasteiger partial charge in [-0.1, -0.05) is 18.2 Å². The third kappa shape index (κ3) is 4.81. The van der Waals surface area contributed by atoms with Crippen molar-refractivity contribution >= 4 is 23.0 Å². The molecule has 0 bridgehead atoms. The van der Waals surface area contributed by atoms with Crippen LogP contribution < -0.4 is 10.6 Å². The average molecular weight is 393 g/mol. The van der Waals surface area contributed by atoms with E-state index < -0.39 is 0 Å². The number of amides is 2. The molecule has 0 saturated carbocycles. The molecule has 3 rings (SSSR count). The lowest BCUT2D eigenvalue weighted by molar-refractivity contribution is 0.0949. The van der Waals surface area contributed by atoms with Crippen LogP contribution in [-0.2, 0) is 0 Å². The summed E-state index contributed by atoms with van der Waals surface area (Å²) in [6.07, 6.45) is 2.58. The number of fused-ring (bicyclic) bond motifs is 1. The number of rotatable bonds is 7. The highest BCUT2D eigenvalue weighted by Gasteiger charge is 2.21. The van der Waals surface area contributed by atoms with Gasteiger partial charge in [-0.05, 0) is 70.2 Å². The monoisotopic (exact) mass is 393 g/mol. The molecule has 0 fully saturated rings. The number of benzene rings is 1. The average Bonchev–Trinajstić information content (AvgIpc) is 3.08. The molecule has 0 saturated heterocycles. The summed E-state index contributed by atoms with van der Waals surface area (Å²) in [6.45, 7) is 5.34. The molecule has 7 heteroatoms. The molecular weight excluding hydrogens is 366 g/mol. The molecule has 29 heavy (non-hydrogen) atoms. The molecule has 2 amide bonds. The Morgan fingerprint density at radius 2 is 1.90 bits per heavy atom. The van der Waals surface area contributed by atoms with Gasteiger partial charge in [-0.25, -0.2) is 4.98 Å². The topological polar surface area (TPSA) is 78.7 Å². The molecule has 0 aliphatic heterocycles. The molecule has 0 atom stereocenters. The Hall–Kier alpha value is -3.19. The largest absolute Gasteiger partial charge is 0.351 e. The number of aryl methyl sites for hydroxylation is 2. The molecule has 0 spiro atoms. The summed E-state index contributed by atoms with van der Waals surface area (Å²) in [5.74, 6) is -0.454. The van der Waals surface area contributed by atoms with E-state index >= 15 is 0 Å². The normalized spacial score (nSPS) is 11.1. The van der Waals surface area contributed by atoms with Crippen molar-refractivity contribution in [3.05, 3.63) is 65.2 Å². The SMILES string of the molecule is Cc1ccc(C)c(NC(=O)c2nc(C(=O)NCCCN(C)C)c3ccccn23)c1. The van der Waals surface area contributed by atoms with Gasteiger partial charge in [0.2, 0.25) is 5.82 Å². The molecule has 2 heterocycles. The second-order valence-electron chi connectivity index (χ2n) is 7.43. The van der Waals surface area contributed by atoms with Crippen molar-refractivity contribution in [2.24, 2.45) is 0 Å². The summed E-state index contributed by atoms with van der Waals surface area (Å²) in [5.41, 5.74) is 3.60. The molecule has 0 aliphatic carbocycles. The van der Waals surface area contributed by atoms with Gasteiger partial charge in [0.05, 0.1) is 5.52 Å². The van der Waals surface area contributed by atoms with Crippen LogP contribution in [0, 0.1) is 13.8 Å². The van der Waals surface area contributed by atoms with E-state index in [1.54, 1.807) is 16.7 Å². The first kappa shape index (κ1) is 20.5. The molecule has 2 aromatic heterocycles. The first-order chi connectivity index (χ1) is 13.9. The quantitative estimate of drug-likeness (QED) is 0.605. The Balaban J connectivity index is 1.84. The Morgan fingerprint density at radius 1 is 1.10 bits per heavy atom. The van der Waals surface area contributed by atoms with Crippen molar-refractivity contribution in [1.29, 1.82) is 0 Å². The van der Waals surface area contributed by atoms with Crippen molar-refractivity contribution in [1.82, 2.24) is 19.6 Å². The van der Waals surface area contributed by atoms with Gasteiger partial charge < -0.3 is 15.5 Å². The molecular formula is C22H27N5O2. The summed E-state index contributed by atoms with van der Waals surface area (Å²) >= 11 is 0. The maximum atomic E-state index is 12.9. The lowest BCUT2D eigenvalue weighted by Crippen LogP contribution is -2.27. The van der Waals surface area contributed by atoms with E-state index in [2.05, 4.69) is 20.5 Å². The zero-order valence-electron chi connectivity index (χ0n) is 17.3. The van der Waals surface area contributed by atoms with Crippen LogP contribution in [0.4, 0.5) is 5.69 Å². The first-order valence-electron chi connectivity index (χ1n) is 9.65. The Bertz CT molecular complexity index is 1040. The number of pyridine rings is 1. The zero-order valence-corrected chi connectivity index (χ0v) is 17.3. The lowest BCUT2D eigenvalue weighted by Gasteiger charge is -2.09. The summed E-state index contributed by atoms with van der Waals surface area (Å²) in [5, 5.41) is 5.81. The van der Waals surface area contributed by atoms with E-state index in [1.807, 2.05) is 58.3 Å². The smallest absolute Gasteiger partial charge is 0.292 e. The maximum Gasteiger partial charge on any atom is 0.292 e. The van der Waals surface area contributed by atoms with Gasteiger partial charge in [-0.15, -0.1) is 0 Å². The lowest BCUT2D eigenvalue weighted by atomic mass is 10.1. The standard InChI is InChI=1S/C22H27N5O2/c1-15-9-10-16(2)17(14-15)24-22(29)20-25-19(18-8-5-6-13-27(18)20)21(28)23-11-7-12-26(3)4/h5-6,8-10,13-14H,7,11-12H2,1-4H3,(H,23,28)(H,24,29). The third-order valence-electron chi connectivity index (χ3n) is 4.68. The van der Waals surface area contributed by atoms with E-state index in [9.17, 15) is 9.59 Å². The summed E-state index contributed by atoms with van der Waals surface area (Å²) < 4.78 is 1.65. The molecule has 0 radical (unpaired) electrons. The number of hydrogen-bond acceptors (Lipinski definition) is 4. The minimum atomic E-state index is -0.355. The van der Waals surface area contributed by atoms with E-state index in [4.69, 9.17) is 0 Å². The molecule has 3 aromatic rings. The van der Waals surface area contributed by atoms with Gasteiger partial charge in [0.25, 0.3) is 11.8 Å². The molecule has 0 unspecified atom stereocenters. The minimum absolute atomic E-state index is 0.181. The van der Waals surface area contributed by atoms with Crippen molar-refractivity contribution in [3.8, 4) is 0 Å². The van der Waals surface area contributed by atoms with Crippen LogP contribution in [0.2, 0.25) is 0 Å². The number of nitrogens with one attached hydrogen (secondary N) is 2. The summed E-state index contributed by atoms with van der Waals surface area (Å²) in [6, 6.07) is 11.3. The van der Waals surface area contributed by atoms with E-state index in [0.717, 1.165) is 29.8 Å². The molecule has 1 aromatic carbocycles. The van der Waals surface area contributed by atoms with E-state index in [0.29, 0.717) is 12.1 Å². The van der Waals surface area contributed by atoms with Gasteiger partial charge in [0.1, 0.15) is 0 Å². The fraction of sp³-hybridized carbons (Fsp3) is 0.318. The van der Waals surface area contributed by atoms with Crippen LogP contribution in [0.15, 0.2) is 42.6 Å². The number of imidazole rings is 1. The van der Waals surface area contributed by atoms with E-state index in [1.165, 1.54) is 0 Å². The third-order valence-corrected chi connectivity index (χ3v) is 4.68. The molecule has 0 aliphatic rings. The van der Waals surface area contributed by atoms with Gasteiger partial charge >= 0.3 is 0 Å². The Morgan fingerprint density at radius 3 is 2.66 bits per heavy atom. The second-order valence-corrected chi connectivity index (χ2v) is 7.43. The Kier molecular flexibility index (Phi) is 6.29. The van der Waals surface area contributed by atoms with Crippen LogP contribution in [0.1, 0.15) is 38.7 Å². The summed E-state index contributed by atoms with van der Waals surface area (Å²) in [7, 11) is 3.98. The summed E-state index contributed by atoms with van der Waals surface area (Å²) in [4.78, 5) is 32.0. The fourth-order valence-electron chi connectivity index (χ4n) is 3.09.